The average Bonchev–Trinajstić information content (AvgIpc) is 2.44. The van der Waals surface area contributed by atoms with Crippen LogP contribution in [-0.2, 0) is 0 Å². The van der Waals surface area contributed by atoms with Crippen molar-refractivity contribution in [2.24, 2.45) is 0 Å². The van der Waals surface area contributed by atoms with Gasteiger partial charge in [0.25, 0.3) is 5.91 Å². The van der Waals surface area contributed by atoms with E-state index in [4.69, 9.17) is 0 Å². The van der Waals surface area contributed by atoms with Crippen LogP contribution in [0, 0.1) is 29.1 Å². The SMILES string of the molecule is O=C(c1c(F)c(F)c(F)c(F)c1F)N1CC=CCC1. The lowest BCUT2D eigenvalue weighted by molar-refractivity contribution is 0.0757. The van der Waals surface area contributed by atoms with Gasteiger partial charge in [-0.1, -0.05) is 12.2 Å². The number of benzene rings is 1. The minimum Gasteiger partial charge on any atom is -0.334 e. The maximum absolute atomic E-state index is 13.4. The van der Waals surface area contributed by atoms with E-state index in [1.165, 1.54) is 0 Å². The second kappa shape index (κ2) is 4.99. The fraction of sp³-hybridized carbons (Fsp3) is 0.250. The molecule has 1 aromatic rings. The second-order valence-electron chi connectivity index (χ2n) is 3.96. The Morgan fingerprint density at radius 2 is 1.42 bits per heavy atom. The van der Waals surface area contributed by atoms with Gasteiger partial charge in [-0.2, -0.15) is 0 Å². The highest BCUT2D eigenvalue weighted by Crippen LogP contribution is 2.24. The molecule has 0 saturated carbocycles. The molecule has 0 radical (unpaired) electrons. The van der Waals surface area contributed by atoms with Gasteiger partial charge in [0.15, 0.2) is 23.3 Å². The Hall–Kier alpha value is -1.92. The molecular weight excluding hydrogens is 269 g/mol. The van der Waals surface area contributed by atoms with Crippen LogP contribution in [0.3, 0.4) is 0 Å². The molecule has 19 heavy (non-hydrogen) atoms. The number of amides is 1. The van der Waals surface area contributed by atoms with Crippen molar-refractivity contribution in [1.29, 1.82) is 0 Å². The summed E-state index contributed by atoms with van der Waals surface area (Å²) in [5.74, 6) is -11.9. The summed E-state index contributed by atoms with van der Waals surface area (Å²) in [5.41, 5.74) is -1.41. The monoisotopic (exact) mass is 277 g/mol. The largest absolute Gasteiger partial charge is 0.334 e. The highest BCUT2D eigenvalue weighted by Gasteiger charge is 2.31. The average molecular weight is 277 g/mol. The van der Waals surface area contributed by atoms with E-state index in [2.05, 4.69) is 0 Å². The molecule has 0 unspecified atom stereocenters. The van der Waals surface area contributed by atoms with Gasteiger partial charge in [-0.3, -0.25) is 4.79 Å². The first kappa shape index (κ1) is 13.5. The topological polar surface area (TPSA) is 20.3 Å². The number of carbonyl (C=O) groups is 1. The third-order valence-corrected chi connectivity index (χ3v) is 2.77. The zero-order valence-electron chi connectivity index (χ0n) is 9.52. The van der Waals surface area contributed by atoms with E-state index in [9.17, 15) is 26.7 Å². The molecule has 0 N–H and O–H groups in total. The van der Waals surface area contributed by atoms with Gasteiger partial charge in [0, 0.05) is 13.1 Å². The molecule has 0 saturated heterocycles. The lowest BCUT2D eigenvalue weighted by Gasteiger charge is -2.23. The summed E-state index contributed by atoms with van der Waals surface area (Å²) in [4.78, 5) is 12.8. The number of rotatable bonds is 1. The van der Waals surface area contributed by atoms with Gasteiger partial charge in [0.2, 0.25) is 5.82 Å². The van der Waals surface area contributed by atoms with Gasteiger partial charge >= 0.3 is 0 Å². The molecule has 1 amide bonds. The third-order valence-electron chi connectivity index (χ3n) is 2.77. The summed E-state index contributed by atoms with van der Waals surface area (Å²) in [5, 5.41) is 0. The number of carbonyl (C=O) groups excluding carboxylic acids is 1. The Morgan fingerprint density at radius 3 is 1.89 bits per heavy atom. The molecule has 0 fully saturated rings. The van der Waals surface area contributed by atoms with Gasteiger partial charge in [0.05, 0.1) is 0 Å². The molecule has 1 aliphatic heterocycles. The zero-order valence-corrected chi connectivity index (χ0v) is 9.52. The van der Waals surface area contributed by atoms with Crippen LogP contribution >= 0.6 is 0 Å². The first-order valence-electron chi connectivity index (χ1n) is 5.40. The summed E-state index contributed by atoms with van der Waals surface area (Å²) in [6.45, 7) is 0.229. The lowest BCUT2D eigenvalue weighted by atomic mass is 10.1. The predicted octanol–water partition coefficient (Wildman–Crippen LogP) is 2.78. The van der Waals surface area contributed by atoms with E-state index >= 15 is 0 Å². The molecule has 7 heteroatoms. The Morgan fingerprint density at radius 1 is 0.895 bits per heavy atom. The smallest absolute Gasteiger partial charge is 0.260 e. The van der Waals surface area contributed by atoms with Crippen LogP contribution in [0.1, 0.15) is 16.8 Å². The van der Waals surface area contributed by atoms with Crippen molar-refractivity contribution in [1.82, 2.24) is 4.90 Å². The minimum absolute atomic E-state index is 0.0678. The van der Waals surface area contributed by atoms with Gasteiger partial charge in [-0.05, 0) is 6.42 Å². The molecule has 1 aromatic carbocycles. The van der Waals surface area contributed by atoms with Crippen molar-refractivity contribution < 1.29 is 26.7 Å². The van der Waals surface area contributed by atoms with Crippen molar-refractivity contribution in [3.8, 4) is 0 Å². The van der Waals surface area contributed by atoms with E-state index in [1.54, 1.807) is 12.2 Å². The fourth-order valence-electron chi connectivity index (χ4n) is 1.78. The fourth-order valence-corrected chi connectivity index (χ4v) is 1.78. The standard InChI is InChI=1S/C12H8F5NO/c13-7-6(8(14)10(16)11(17)9(7)15)12(19)18-4-2-1-3-5-18/h1-2H,3-5H2. The molecule has 2 nitrogen and oxygen atoms in total. The van der Waals surface area contributed by atoms with Crippen LogP contribution in [0.5, 0.6) is 0 Å². The second-order valence-corrected chi connectivity index (χ2v) is 3.96. The third kappa shape index (κ3) is 2.20. The number of nitrogens with zero attached hydrogens (tertiary/aromatic N) is 1. The Labute approximate surface area is 105 Å². The Kier molecular flexibility index (Phi) is 3.55. The van der Waals surface area contributed by atoms with Crippen LogP contribution in [0.2, 0.25) is 0 Å². The maximum Gasteiger partial charge on any atom is 0.260 e. The number of halogens is 5. The number of hydrogen-bond donors (Lipinski definition) is 0. The summed E-state index contributed by atoms with van der Waals surface area (Å²) in [6, 6.07) is 0. The van der Waals surface area contributed by atoms with Gasteiger partial charge in [0.1, 0.15) is 5.56 Å². The van der Waals surface area contributed by atoms with E-state index in [-0.39, 0.29) is 13.1 Å². The van der Waals surface area contributed by atoms with Gasteiger partial charge in [-0.15, -0.1) is 0 Å². The minimum atomic E-state index is -2.27. The molecule has 1 aliphatic rings. The van der Waals surface area contributed by atoms with Gasteiger partial charge < -0.3 is 4.90 Å². The highest BCUT2D eigenvalue weighted by atomic mass is 19.2. The number of hydrogen-bond acceptors (Lipinski definition) is 1. The van der Waals surface area contributed by atoms with E-state index in [1.807, 2.05) is 0 Å². The molecular formula is C12H8F5NO. The van der Waals surface area contributed by atoms with Crippen molar-refractivity contribution in [2.75, 3.05) is 13.1 Å². The van der Waals surface area contributed by atoms with Gasteiger partial charge in [-0.25, -0.2) is 22.0 Å². The first-order chi connectivity index (χ1) is 8.95. The van der Waals surface area contributed by atoms with E-state index < -0.39 is 40.6 Å². The summed E-state index contributed by atoms with van der Waals surface area (Å²) in [7, 11) is 0. The lowest BCUT2D eigenvalue weighted by Crippen LogP contribution is -2.35. The van der Waals surface area contributed by atoms with Crippen LogP contribution < -0.4 is 0 Å². The summed E-state index contributed by atoms with van der Waals surface area (Å²) >= 11 is 0. The molecule has 1 heterocycles. The molecule has 0 spiro atoms. The van der Waals surface area contributed by atoms with Crippen molar-refractivity contribution >= 4 is 5.91 Å². The summed E-state index contributed by atoms with van der Waals surface area (Å²) in [6.07, 6.45) is 3.79. The maximum atomic E-state index is 13.4. The first-order valence-corrected chi connectivity index (χ1v) is 5.40. The molecule has 102 valence electrons. The molecule has 0 bridgehead atoms. The van der Waals surface area contributed by atoms with Crippen molar-refractivity contribution in [3.05, 3.63) is 46.8 Å². The zero-order chi connectivity index (χ0) is 14.2. The molecule has 0 atom stereocenters. The van der Waals surface area contributed by atoms with Crippen LogP contribution in [0.25, 0.3) is 0 Å². The highest BCUT2D eigenvalue weighted by molar-refractivity contribution is 5.95. The van der Waals surface area contributed by atoms with Crippen LogP contribution in [0.4, 0.5) is 22.0 Å². The van der Waals surface area contributed by atoms with Crippen LogP contribution in [0.15, 0.2) is 12.2 Å². The van der Waals surface area contributed by atoms with Crippen LogP contribution in [-0.4, -0.2) is 23.9 Å². The molecule has 2 rings (SSSR count). The van der Waals surface area contributed by atoms with E-state index in [0.29, 0.717) is 6.42 Å². The van der Waals surface area contributed by atoms with Crippen molar-refractivity contribution in [2.45, 2.75) is 6.42 Å². The normalized spacial score (nSPS) is 14.9. The Balaban J connectivity index is 2.50. The summed E-state index contributed by atoms with van der Waals surface area (Å²) < 4.78 is 65.7. The quantitative estimate of drug-likeness (QED) is 0.334. The molecule has 0 aliphatic carbocycles. The predicted molar refractivity (Wildman–Crippen MR) is 55.9 cm³/mol. The van der Waals surface area contributed by atoms with E-state index in [0.717, 1.165) is 4.90 Å². The van der Waals surface area contributed by atoms with Crippen molar-refractivity contribution in [3.63, 3.8) is 0 Å². The Bertz CT molecular complexity index is 541. The molecule has 0 aromatic heterocycles.